The van der Waals surface area contributed by atoms with Gasteiger partial charge in [-0.25, -0.2) is 4.39 Å². The first kappa shape index (κ1) is 17.5. The minimum Gasteiger partial charge on any atom is -0.397 e. The van der Waals surface area contributed by atoms with E-state index in [1.165, 1.54) is 6.07 Å². The summed E-state index contributed by atoms with van der Waals surface area (Å²) in [4.78, 5) is 13.3. The summed E-state index contributed by atoms with van der Waals surface area (Å²) in [6.45, 7) is 2.07. The molecule has 0 radical (unpaired) electrons. The lowest BCUT2D eigenvalue weighted by Gasteiger charge is -2.11. The molecule has 0 bridgehead atoms. The maximum Gasteiger partial charge on any atom is 0.128 e. The summed E-state index contributed by atoms with van der Waals surface area (Å²) in [5.41, 5.74) is 10.1. The molecular formula is C21H19FN4. The number of hydrogen-bond acceptors (Lipinski definition) is 4. The lowest BCUT2D eigenvalue weighted by molar-refractivity contribution is 0.611. The molecule has 0 aliphatic carbocycles. The first-order valence-corrected chi connectivity index (χ1v) is 8.24. The van der Waals surface area contributed by atoms with Crippen molar-refractivity contribution < 1.29 is 4.39 Å². The van der Waals surface area contributed by atoms with Gasteiger partial charge in [0.25, 0.3) is 0 Å². The molecule has 0 amide bonds. The number of halogens is 1. The van der Waals surface area contributed by atoms with E-state index in [9.17, 15) is 4.39 Å². The average Bonchev–Trinajstić information content (AvgIpc) is 2.70. The Balaban J connectivity index is 2.04. The third-order valence-electron chi connectivity index (χ3n) is 3.97. The van der Waals surface area contributed by atoms with Crippen LogP contribution in [-0.2, 0) is 6.54 Å². The van der Waals surface area contributed by atoms with Gasteiger partial charge in [-0.15, -0.1) is 0 Å². The Kier molecular flexibility index (Phi) is 5.49. The van der Waals surface area contributed by atoms with Crippen LogP contribution in [0.5, 0.6) is 0 Å². The predicted molar refractivity (Wildman–Crippen MR) is 102 cm³/mol. The predicted octanol–water partition coefficient (Wildman–Crippen LogP) is 3.99. The fourth-order valence-corrected chi connectivity index (χ4v) is 2.53. The van der Waals surface area contributed by atoms with Gasteiger partial charge >= 0.3 is 0 Å². The van der Waals surface area contributed by atoms with E-state index < -0.39 is 0 Å². The van der Waals surface area contributed by atoms with Gasteiger partial charge < -0.3 is 5.73 Å². The highest BCUT2D eigenvalue weighted by Gasteiger charge is 2.13. The Morgan fingerprint density at radius 2 is 1.54 bits per heavy atom. The molecule has 5 heteroatoms. The molecule has 2 aromatic heterocycles. The van der Waals surface area contributed by atoms with Crippen LogP contribution in [0.2, 0.25) is 0 Å². The van der Waals surface area contributed by atoms with Gasteiger partial charge in [-0.1, -0.05) is 30.3 Å². The Morgan fingerprint density at radius 3 is 2.15 bits per heavy atom. The molecule has 0 aliphatic heterocycles. The number of rotatable bonds is 5. The molecule has 130 valence electrons. The van der Waals surface area contributed by atoms with E-state index in [0.717, 1.165) is 5.57 Å². The van der Waals surface area contributed by atoms with Gasteiger partial charge in [-0.05, 0) is 37.3 Å². The van der Waals surface area contributed by atoms with Crippen molar-refractivity contribution >= 4 is 11.4 Å². The second-order valence-electron chi connectivity index (χ2n) is 5.72. The molecule has 2 N–H and O–H groups in total. The molecule has 1 aromatic carbocycles. The van der Waals surface area contributed by atoms with Crippen molar-refractivity contribution in [2.45, 2.75) is 13.5 Å². The summed E-state index contributed by atoms with van der Waals surface area (Å²) >= 11 is 0. The molecule has 0 saturated carbocycles. The summed E-state index contributed by atoms with van der Waals surface area (Å²) < 4.78 is 13.9. The maximum absolute atomic E-state index is 13.9. The van der Waals surface area contributed by atoms with Crippen molar-refractivity contribution in [2.75, 3.05) is 0 Å². The zero-order valence-electron chi connectivity index (χ0n) is 14.4. The van der Waals surface area contributed by atoms with Crippen LogP contribution in [0.4, 0.5) is 4.39 Å². The second-order valence-corrected chi connectivity index (χ2v) is 5.72. The summed E-state index contributed by atoms with van der Waals surface area (Å²) in [6.07, 6.45) is 3.38. The average molecular weight is 346 g/mol. The summed E-state index contributed by atoms with van der Waals surface area (Å²) in [6, 6.07) is 17.7. The van der Waals surface area contributed by atoms with E-state index in [-0.39, 0.29) is 12.4 Å². The molecule has 0 atom stereocenters. The molecule has 0 saturated heterocycles. The van der Waals surface area contributed by atoms with E-state index in [0.29, 0.717) is 28.4 Å². The van der Waals surface area contributed by atoms with Crippen molar-refractivity contribution in [2.24, 2.45) is 10.7 Å². The standard InChI is InChI=1S/C21H19FN4/c1-15(20(23)18-10-4-6-12-24-18)21(19-11-5-7-13-25-19)26-14-16-8-2-3-9-17(16)22/h2-13H,14,23H2,1H3. The highest BCUT2D eigenvalue weighted by Crippen LogP contribution is 2.17. The zero-order chi connectivity index (χ0) is 18.4. The van der Waals surface area contributed by atoms with Crippen LogP contribution in [0.1, 0.15) is 23.9 Å². The van der Waals surface area contributed by atoms with Gasteiger partial charge in [0, 0.05) is 23.5 Å². The first-order valence-electron chi connectivity index (χ1n) is 8.24. The van der Waals surface area contributed by atoms with E-state index >= 15 is 0 Å². The van der Waals surface area contributed by atoms with E-state index in [2.05, 4.69) is 15.0 Å². The quantitative estimate of drug-likeness (QED) is 0.710. The van der Waals surface area contributed by atoms with Gasteiger partial charge in [0.1, 0.15) is 5.82 Å². The largest absolute Gasteiger partial charge is 0.397 e. The highest BCUT2D eigenvalue weighted by atomic mass is 19.1. The van der Waals surface area contributed by atoms with Crippen molar-refractivity contribution in [3.8, 4) is 0 Å². The lowest BCUT2D eigenvalue weighted by atomic mass is 10.0. The second kappa shape index (κ2) is 8.16. The number of benzene rings is 1. The van der Waals surface area contributed by atoms with Crippen molar-refractivity contribution in [3.63, 3.8) is 0 Å². The minimum atomic E-state index is -0.282. The smallest absolute Gasteiger partial charge is 0.128 e. The number of pyridine rings is 2. The number of nitrogens with zero attached hydrogens (tertiary/aromatic N) is 3. The third kappa shape index (κ3) is 4.00. The van der Waals surface area contributed by atoms with Crippen LogP contribution in [0, 0.1) is 5.82 Å². The molecule has 4 nitrogen and oxygen atoms in total. The van der Waals surface area contributed by atoms with E-state index in [4.69, 9.17) is 5.73 Å². The first-order chi connectivity index (χ1) is 12.7. The molecule has 26 heavy (non-hydrogen) atoms. The molecule has 2 heterocycles. The number of aromatic nitrogens is 2. The van der Waals surface area contributed by atoms with Gasteiger partial charge in [-0.2, -0.15) is 0 Å². The SMILES string of the molecule is CC(C(=NCc1ccccc1F)c1ccccn1)=C(N)c1ccccn1. The topological polar surface area (TPSA) is 64.2 Å². The number of allylic oxidation sites excluding steroid dienone is 1. The van der Waals surface area contributed by atoms with Crippen LogP contribution in [0.15, 0.2) is 83.6 Å². The van der Waals surface area contributed by atoms with Crippen molar-refractivity contribution in [3.05, 3.63) is 101 Å². The summed E-state index contributed by atoms with van der Waals surface area (Å²) in [5, 5.41) is 0. The van der Waals surface area contributed by atoms with Gasteiger partial charge in [0.15, 0.2) is 0 Å². The Labute approximate surface area is 152 Å². The third-order valence-corrected chi connectivity index (χ3v) is 3.97. The van der Waals surface area contributed by atoms with Crippen molar-refractivity contribution in [1.29, 1.82) is 0 Å². The van der Waals surface area contributed by atoms with Crippen LogP contribution in [-0.4, -0.2) is 15.7 Å². The van der Waals surface area contributed by atoms with E-state index in [1.54, 1.807) is 30.6 Å². The van der Waals surface area contributed by atoms with Gasteiger partial charge in [0.05, 0.1) is 29.3 Å². The Morgan fingerprint density at radius 1 is 0.923 bits per heavy atom. The van der Waals surface area contributed by atoms with E-state index in [1.807, 2.05) is 43.3 Å². The van der Waals surface area contributed by atoms with Crippen molar-refractivity contribution in [1.82, 2.24) is 9.97 Å². The molecule has 3 aromatic rings. The number of aliphatic imine (C=N–C) groups is 1. The molecule has 0 spiro atoms. The maximum atomic E-state index is 13.9. The van der Waals surface area contributed by atoms with Crippen LogP contribution in [0.25, 0.3) is 5.70 Å². The molecule has 0 fully saturated rings. The van der Waals surface area contributed by atoms with Crippen LogP contribution < -0.4 is 5.73 Å². The fraction of sp³-hybridized carbons (Fsp3) is 0.0952. The highest BCUT2D eigenvalue weighted by molar-refractivity contribution is 6.14. The lowest BCUT2D eigenvalue weighted by Crippen LogP contribution is -2.12. The molecule has 0 aliphatic rings. The Bertz CT molecular complexity index is 934. The summed E-state index contributed by atoms with van der Waals surface area (Å²) in [7, 11) is 0. The van der Waals surface area contributed by atoms with Gasteiger partial charge in [-0.3, -0.25) is 15.0 Å². The van der Waals surface area contributed by atoms with Gasteiger partial charge in [0.2, 0.25) is 0 Å². The molecule has 3 rings (SSSR count). The summed E-state index contributed by atoms with van der Waals surface area (Å²) in [5.74, 6) is -0.282. The Hall–Kier alpha value is -3.34. The number of nitrogens with two attached hydrogens (primary N) is 1. The molecular weight excluding hydrogens is 327 g/mol. The number of hydrogen-bond donors (Lipinski definition) is 1. The normalized spacial score (nSPS) is 12.6. The zero-order valence-corrected chi connectivity index (χ0v) is 14.4. The van der Waals surface area contributed by atoms with Crippen LogP contribution >= 0.6 is 0 Å². The fourth-order valence-electron chi connectivity index (χ4n) is 2.53. The monoisotopic (exact) mass is 346 g/mol. The molecule has 0 unspecified atom stereocenters. The van der Waals surface area contributed by atoms with Crippen LogP contribution in [0.3, 0.4) is 0 Å². The minimum absolute atomic E-state index is 0.200.